The normalized spacial score (nSPS) is 25.2. The Balaban J connectivity index is 0.0000000999. The number of fused-ring (bicyclic) bond motifs is 14. The van der Waals surface area contributed by atoms with E-state index in [2.05, 4.69) is 433 Å². The van der Waals surface area contributed by atoms with E-state index in [1.54, 1.807) is 33.4 Å². The topological polar surface area (TPSA) is 22.9 Å². The van der Waals surface area contributed by atoms with Crippen LogP contribution in [0.15, 0.2) is 423 Å². The number of hydrogen-bond donors (Lipinski definition) is 0. The van der Waals surface area contributed by atoms with Crippen LogP contribution in [-0.4, -0.2) is 0 Å². The lowest BCUT2D eigenvalue weighted by Crippen LogP contribution is -2.55. The zero-order chi connectivity index (χ0) is 90.5. The van der Waals surface area contributed by atoms with Crippen LogP contribution < -0.4 is 14.7 Å². The van der Waals surface area contributed by atoms with Crippen molar-refractivity contribution in [1.82, 2.24) is 0 Å². The fraction of sp³-hybridized carbons (Fsp3) is 0.224. The summed E-state index contributed by atoms with van der Waals surface area (Å²) in [5.41, 5.74) is 39.0. The molecule has 0 radical (unpaired) electrons. The van der Waals surface area contributed by atoms with Crippen LogP contribution in [0.2, 0.25) is 0 Å². The maximum absolute atomic E-state index is 6.47. The van der Waals surface area contributed by atoms with Crippen molar-refractivity contribution in [3.63, 3.8) is 0 Å². The van der Waals surface area contributed by atoms with Gasteiger partial charge in [-0.15, -0.1) is 0 Å². The minimum Gasteiger partial charge on any atom is -0.456 e. The van der Waals surface area contributed by atoms with Gasteiger partial charge in [0.25, 0.3) is 0 Å². The Morgan fingerprint density at radius 2 is 0.471 bits per heavy atom. The number of nitrogens with zero attached hydrogens (tertiary/aromatic N) is 3. The van der Waals surface area contributed by atoms with Crippen molar-refractivity contribution < 1.29 is 4.42 Å². The van der Waals surface area contributed by atoms with Crippen LogP contribution in [0.5, 0.6) is 0 Å². The maximum Gasteiger partial charge on any atom is 0.137 e. The molecule has 0 aliphatic heterocycles. The highest BCUT2D eigenvalue weighted by Gasteiger charge is 2.65. The van der Waals surface area contributed by atoms with E-state index in [-0.39, 0.29) is 16.2 Å². The molecule has 4 heteroatoms. The largest absolute Gasteiger partial charge is 0.456 e. The highest BCUT2D eigenvalue weighted by atomic mass is 16.3. The number of anilines is 9. The van der Waals surface area contributed by atoms with Crippen LogP contribution in [0.1, 0.15) is 130 Å². The molecule has 18 aromatic carbocycles. The minimum atomic E-state index is 0.126. The first kappa shape index (κ1) is 80.9. The molecule has 0 unspecified atom stereocenters. The van der Waals surface area contributed by atoms with Gasteiger partial charge < -0.3 is 19.1 Å². The van der Waals surface area contributed by atoms with Gasteiger partial charge in [-0.3, -0.25) is 0 Å². The monoisotopic (exact) mass is 1780 g/mol. The molecule has 0 saturated heterocycles. The van der Waals surface area contributed by atoms with E-state index in [1.165, 1.54) is 224 Å². The average molecular weight is 1780 g/mol. The molecule has 19 aromatic rings. The standard InChI is InChI=1S/C46H37NO.2C44H37N/c1-2-9-31(10-3-1)32-17-19-35(20-18-32)47(36-21-22-38-37-11-5-7-16-43(37)48-44(38)28-36)42-15-8-14-41-45(42)39-12-4-6-13-40(39)46(41)33-24-29-23-30(26-33)27-34(46)25-29;1-2-10-31(11-3-1)32-20-22-36(23-21-32)45(41-18-8-13-33-12-4-5-14-37(33)41)42-19-9-17-40-43(42)38-15-6-7-16-39(38)44(40)34-25-29-24-30(27-34)28-35(44)26-29;1-2-9-31(10-3-1)33-17-20-37(21-18-33)45(38-22-19-32-11-4-5-12-34(32)28-38)42-16-8-15-41-43(42)39-13-6-7-14-40(39)44(41)35-24-29-23-30(26-35)27-36(44)25-29/h1-22,28-30,33-34H,23-27H2;1-23,29-30,34-35H,24-28H2;1-22,28-30,35-36H,23-27H2. The average Bonchev–Trinajstić information content (AvgIpc) is 1.52. The Bertz CT molecular complexity index is 7910. The van der Waals surface area contributed by atoms with Gasteiger partial charge >= 0.3 is 0 Å². The van der Waals surface area contributed by atoms with Crippen LogP contribution in [0.3, 0.4) is 0 Å². The van der Waals surface area contributed by atoms with Crippen molar-refractivity contribution in [1.29, 1.82) is 0 Å². The summed E-state index contributed by atoms with van der Waals surface area (Å²) in [6.45, 7) is 0. The smallest absolute Gasteiger partial charge is 0.137 e. The fourth-order valence-electron chi connectivity index (χ4n) is 32.2. The maximum atomic E-state index is 6.47. The first-order valence-corrected chi connectivity index (χ1v) is 51.8. The summed E-state index contributed by atoms with van der Waals surface area (Å²) in [7, 11) is 0. The lowest BCUT2D eigenvalue weighted by atomic mass is 9.43. The van der Waals surface area contributed by atoms with E-state index < -0.39 is 0 Å². The number of hydrogen-bond acceptors (Lipinski definition) is 4. The molecule has 0 amide bonds. The van der Waals surface area contributed by atoms with Crippen molar-refractivity contribution in [3.05, 3.63) is 452 Å². The second-order valence-corrected chi connectivity index (χ2v) is 43.3. The summed E-state index contributed by atoms with van der Waals surface area (Å²) in [5, 5.41) is 7.41. The molecule has 12 saturated carbocycles. The first-order valence-electron chi connectivity index (χ1n) is 51.8. The number of para-hydroxylation sites is 1. The third kappa shape index (κ3) is 12.3. The lowest BCUT2D eigenvalue weighted by Gasteiger charge is -2.61. The summed E-state index contributed by atoms with van der Waals surface area (Å²) in [6, 6.07) is 156. The van der Waals surface area contributed by atoms with Crippen LogP contribution in [-0.2, 0) is 16.2 Å². The van der Waals surface area contributed by atoms with Crippen LogP contribution in [0.4, 0.5) is 51.2 Å². The molecule has 15 aliphatic carbocycles. The molecule has 3 spiro atoms. The first-order chi connectivity index (χ1) is 68.3. The molecule has 15 aliphatic rings. The van der Waals surface area contributed by atoms with Crippen molar-refractivity contribution in [2.45, 2.75) is 113 Å². The predicted molar refractivity (Wildman–Crippen MR) is 572 cm³/mol. The Morgan fingerprint density at radius 3 is 0.899 bits per heavy atom. The third-order valence-corrected chi connectivity index (χ3v) is 36.7. The van der Waals surface area contributed by atoms with Crippen LogP contribution in [0.25, 0.3) is 110 Å². The summed E-state index contributed by atoms with van der Waals surface area (Å²) in [6.07, 6.45) is 21.2. The molecule has 668 valence electrons. The number of rotatable bonds is 12. The van der Waals surface area contributed by atoms with E-state index in [4.69, 9.17) is 4.42 Å². The molecular weight excluding hydrogens is 1670 g/mol. The van der Waals surface area contributed by atoms with E-state index >= 15 is 0 Å². The molecule has 1 heterocycles. The summed E-state index contributed by atoms with van der Waals surface area (Å²) < 4.78 is 6.47. The fourth-order valence-corrected chi connectivity index (χ4v) is 32.2. The highest BCUT2D eigenvalue weighted by molar-refractivity contribution is 6.08. The van der Waals surface area contributed by atoms with Crippen LogP contribution in [0, 0.1) is 71.0 Å². The van der Waals surface area contributed by atoms with Crippen LogP contribution >= 0.6 is 0 Å². The summed E-state index contributed by atoms with van der Waals surface area (Å²) in [5.74, 6) is 10.1. The Hall–Kier alpha value is -14.3. The Morgan fingerprint density at radius 1 is 0.181 bits per heavy atom. The van der Waals surface area contributed by atoms with Gasteiger partial charge in [-0.2, -0.15) is 0 Å². The SMILES string of the molecule is c1ccc(-c2ccc(N(c3ccc4c(c3)oc3ccccc34)c3cccc4c3-c3ccccc3C43C4CC5CC(C4)CC3C5)cc2)cc1.c1ccc(-c2ccc(N(c3ccc4ccccc4c3)c3cccc4c3-c3ccccc3C43C4CC5CC(C4)CC3C5)cc2)cc1.c1ccc(-c2ccc(N(c3cccc4c3-c3ccccc3C43C4CC5CC(C4)CC3C5)c3cccc4ccccc34)cc2)cc1. The van der Waals surface area contributed by atoms with E-state index in [1.807, 2.05) is 0 Å². The zero-order valence-corrected chi connectivity index (χ0v) is 78.1. The molecule has 0 N–H and O–H groups in total. The van der Waals surface area contributed by atoms with Crippen molar-refractivity contribution in [2.75, 3.05) is 14.7 Å². The molecule has 4 nitrogen and oxygen atoms in total. The van der Waals surface area contributed by atoms with E-state index in [0.717, 1.165) is 104 Å². The molecule has 12 fully saturated rings. The quantitative estimate of drug-likeness (QED) is 0.122. The molecular formula is C134H111N3O. The second-order valence-electron chi connectivity index (χ2n) is 43.3. The van der Waals surface area contributed by atoms with Gasteiger partial charge in [0.1, 0.15) is 11.2 Å². The van der Waals surface area contributed by atoms with Crippen molar-refractivity contribution >= 4 is 94.7 Å². The zero-order valence-electron chi connectivity index (χ0n) is 78.1. The van der Waals surface area contributed by atoms with Gasteiger partial charge in [0.2, 0.25) is 0 Å². The Labute approximate surface area is 810 Å². The van der Waals surface area contributed by atoms with Gasteiger partial charge in [-0.25, -0.2) is 0 Å². The van der Waals surface area contributed by atoms with Crippen molar-refractivity contribution in [2.24, 2.45) is 71.0 Å². The van der Waals surface area contributed by atoms with Gasteiger partial charge in [-0.1, -0.05) is 322 Å². The predicted octanol–water partition coefficient (Wildman–Crippen LogP) is 35.8. The molecule has 34 rings (SSSR count). The number of benzene rings is 18. The lowest BCUT2D eigenvalue weighted by molar-refractivity contribution is -0.0399. The Kier molecular flexibility index (Phi) is 18.7. The highest BCUT2D eigenvalue weighted by Crippen LogP contribution is 2.75. The molecule has 1 aromatic heterocycles. The summed E-state index contributed by atoms with van der Waals surface area (Å²) >= 11 is 0. The van der Waals surface area contributed by atoms with Gasteiger partial charge in [0.05, 0.1) is 22.7 Å². The van der Waals surface area contributed by atoms with Crippen molar-refractivity contribution in [3.8, 4) is 66.8 Å². The molecule has 0 atom stereocenters. The van der Waals surface area contributed by atoms with Gasteiger partial charge in [-0.05, 0) is 358 Å². The number of furan rings is 1. The van der Waals surface area contributed by atoms with Gasteiger partial charge in [0.15, 0.2) is 0 Å². The third-order valence-electron chi connectivity index (χ3n) is 36.7. The van der Waals surface area contributed by atoms with E-state index in [0.29, 0.717) is 0 Å². The van der Waals surface area contributed by atoms with Gasteiger partial charge in [0, 0.05) is 83.6 Å². The summed E-state index contributed by atoms with van der Waals surface area (Å²) in [4.78, 5) is 7.58. The van der Waals surface area contributed by atoms with E-state index in [9.17, 15) is 0 Å². The minimum absolute atomic E-state index is 0.126. The second kappa shape index (κ2) is 31.9. The molecule has 12 bridgehead atoms. The molecule has 138 heavy (non-hydrogen) atoms.